The predicted octanol–water partition coefficient (Wildman–Crippen LogP) is 4.80. The summed E-state index contributed by atoms with van der Waals surface area (Å²) in [4.78, 5) is 14.6. The highest BCUT2D eigenvalue weighted by Crippen LogP contribution is 2.26. The Morgan fingerprint density at radius 2 is 1.88 bits per heavy atom. The van der Waals surface area contributed by atoms with Gasteiger partial charge in [0.15, 0.2) is 0 Å². The molecule has 0 radical (unpaired) electrons. The Hall–Kier alpha value is -2.20. The summed E-state index contributed by atoms with van der Waals surface area (Å²) in [5.74, 6) is 0.0666. The van der Waals surface area contributed by atoms with E-state index in [-0.39, 0.29) is 17.8 Å². The first-order valence-corrected chi connectivity index (χ1v) is 8.76. The van der Waals surface area contributed by atoms with Crippen LogP contribution in [0.25, 0.3) is 0 Å². The molecule has 0 heterocycles. The fraction of sp³-hybridized carbons (Fsp3) is 0.381. The smallest absolute Gasteiger partial charge is 0.241 e. The molecule has 0 aliphatic rings. The van der Waals surface area contributed by atoms with Crippen molar-refractivity contribution in [3.05, 3.63) is 65.5 Å². The monoisotopic (exact) mass is 342 g/mol. The number of likely N-dealkylation sites (N-methyl/N-ethyl adjacent to an activating group) is 1. The van der Waals surface area contributed by atoms with E-state index < -0.39 is 0 Å². The summed E-state index contributed by atoms with van der Waals surface area (Å²) in [6.45, 7) is 6.67. The highest BCUT2D eigenvalue weighted by atomic mass is 19.1. The van der Waals surface area contributed by atoms with Crippen LogP contribution in [0.3, 0.4) is 0 Å². The maximum absolute atomic E-state index is 13.3. The Balaban J connectivity index is 2.05. The van der Waals surface area contributed by atoms with Crippen molar-refractivity contribution in [3.63, 3.8) is 0 Å². The van der Waals surface area contributed by atoms with Gasteiger partial charge in [0, 0.05) is 12.2 Å². The van der Waals surface area contributed by atoms with E-state index >= 15 is 0 Å². The van der Waals surface area contributed by atoms with Gasteiger partial charge in [-0.15, -0.1) is 0 Å². The van der Waals surface area contributed by atoms with Crippen LogP contribution in [0.5, 0.6) is 0 Å². The number of hydrogen-bond donors (Lipinski definition) is 1. The van der Waals surface area contributed by atoms with Gasteiger partial charge < -0.3 is 5.32 Å². The van der Waals surface area contributed by atoms with Crippen LogP contribution in [0.15, 0.2) is 48.5 Å². The number of halogens is 1. The molecule has 0 aromatic heterocycles. The maximum Gasteiger partial charge on any atom is 0.241 e. The predicted molar refractivity (Wildman–Crippen MR) is 101 cm³/mol. The van der Waals surface area contributed by atoms with Gasteiger partial charge in [0.25, 0.3) is 0 Å². The third-order valence-electron chi connectivity index (χ3n) is 4.72. The van der Waals surface area contributed by atoms with Crippen LogP contribution in [0.2, 0.25) is 0 Å². The number of anilines is 1. The van der Waals surface area contributed by atoms with Crippen molar-refractivity contribution < 1.29 is 9.18 Å². The second-order valence-electron chi connectivity index (χ2n) is 6.61. The minimum absolute atomic E-state index is 0.0605. The summed E-state index contributed by atoms with van der Waals surface area (Å²) < 4.78 is 13.3. The summed E-state index contributed by atoms with van der Waals surface area (Å²) in [6.07, 6.45) is 1.02. The standard InChI is InChI=1S/C21H27FN2O/c1-5-15(2)19-11-6-7-12-20(19)23-21(25)16(3)24(4)14-17-9-8-10-18(22)13-17/h6-13,15-16H,5,14H2,1-4H3,(H,23,25)/t15-,16+/m1/s1. The number of carbonyl (C=O) groups excluding carboxylic acids is 1. The first kappa shape index (κ1) is 19.1. The van der Waals surface area contributed by atoms with Crippen molar-refractivity contribution >= 4 is 11.6 Å². The van der Waals surface area contributed by atoms with E-state index in [1.165, 1.54) is 12.1 Å². The van der Waals surface area contributed by atoms with Gasteiger partial charge in [0.2, 0.25) is 5.91 Å². The van der Waals surface area contributed by atoms with Crippen molar-refractivity contribution in [3.8, 4) is 0 Å². The van der Waals surface area contributed by atoms with Crippen molar-refractivity contribution in [2.45, 2.75) is 45.7 Å². The number of carbonyl (C=O) groups is 1. The molecule has 0 unspecified atom stereocenters. The molecule has 0 saturated carbocycles. The molecule has 3 nitrogen and oxygen atoms in total. The molecule has 2 rings (SSSR count). The molecule has 0 fully saturated rings. The molecule has 1 N–H and O–H groups in total. The third-order valence-corrected chi connectivity index (χ3v) is 4.72. The van der Waals surface area contributed by atoms with Gasteiger partial charge in [-0.05, 0) is 55.6 Å². The van der Waals surface area contributed by atoms with Gasteiger partial charge in [-0.3, -0.25) is 9.69 Å². The summed E-state index contributed by atoms with van der Waals surface area (Å²) in [7, 11) is 1.87. The van der Waals surface area contributed by atoms with E-state index in [1.54, 1.807) is 6.07 Å². The zero-order valence-electron chi connectivity index (χ0n) is 15.4. The fourth-order valence-electron chi connectivity index (χ4n) is 2.76. The third kappa shape index (κ3) is 5.13. The number of para-hydroxylation sites is 1. The van der Waals surface area contributed by atoms with Gasteiger partial charge in [0.1, 0.15) is 5.82 Å². The molecule has 2 aromatic carbocycles. The molecular weight excluding hydrogens is 315 g/mol. The van der Waals surface area contributed by atoms with Gasteiger partial charge in [-0.1, -0.05) is 44.2 Å². The molecule has 1 amide bonds. The highest BCUT2D eigenvalue weighted by molar-refractivity contribution is 5.95. The molecule has 0 spiro atoms. The number of rotatable bonds is 7. The lowest BCUT2D eigenvalue weighted by atomic mass is 9.97. The van der Waals surface area contributed by atoms with Crippen molar-refractivity contribution in [2.24, 2.45) is 0 Å². The number of hydrogen-bond acceptors (Lipinski definition) is 2. The molecule has 2 atom stereocenters. The van der Waals surface area contributed by atoms with Crippen LogP contribution in [0.1, 0.15) is 44.2 Å². The summed E-state index contributed by atoms with van der Waals surface area (Å²) in [6, 6.07) is 14.1. The van der Waals surface area contributed by atoms with Crippen LogP contribution in [-0.2, 0) is 11.3 Å². The van der Waals surface area contributed by atoms with E-state index in [1.807, 2.05) is 43.1 Å². The lowest BCUT2D eigenvalue weighted by molar-refractivity contribution is -0.120. The Morgan fingerprint density at radius 1 is 1.16 bits per heavy atom. The Bertz CT molecular complexity index is 717. The molecular formula is C21H27FN2O. The molecule has 2 aromatic rings. The fourth-order valence-corrected chi connectivity index (χ4v) is 2.76. The summed E-state index contributed by atoms with van der Waals surface area (Å²) in [5.41, 5.74) is 2.87. The summed E-state index contributed by atoms with van der Waals surface area (Å²) in [5, 5.41) is 3.05. The normalized spacial score (nSPS) is 13.5. The number of nitrogens with one attached hydrogen (secondary N) is 1. The minimum atomic E-state index is -0.326. The van der Waals surface area contributed by atoms with E-state index in [2.05, 4.69) is 25.2 Å². The molecule has 0 aliphatic heterocycles. The van der Waals surface area contributed by atoms with Crippen LogP contribution < -0.4 is 5.32 Å². The Labute approximate surface area is 149 Å². The zero-order chi connectivity index (χ0) is 18.4. The van der Waals surface area contributed by atoms with Crippen molar-refractivity contribution in [1.29, 1.82) is 0 Å². The average molecular weight is 342 g/mol. The average Bonchev–Trinajstić information content (AvgIpc) is 2.60. The van der Waals surface area contributed by atoms with Gasteiger partial charge in [-0.25, -0.2) is 4.39 Å². The van der Waals surface area contributed by atoms with E-state index in [9.17, 15) is 9.18 Å². The first-order valence-electron chi connectivity index (χ1n) is 8.76. The molecule has 134 valence electrons. The van der Waals surface area contributed by atoms with Crippen LogP contribution >= 0.6 is 0 Å². The summed E-state index contributed by atoms with van der Waals surface area (Å²) >= 11 is 0. The quantitative estimate of drug-likeness (QED) is 0.784. The van der Waals surface area contributed by atoms with Gasteiger partial charge in [0.05, 0.1) is 6.04 Å². The molecule has 25 heavy (non-hydrogen) atoms. The molecule has 4 heteroatoms. The second kappa shape index (κ2) is 8.77. The minimum Gasteiger partial charge on any atom is -0.324 e. The Morgan fingerprint density at radius 3 is 2.56 bits per heavy atom. The topological polar surface area (TPSA) is 32.3 Å². The van der Waals surface area contributed by atoms with E-state index in [0.717, 1.165) is 23.2 Å². The molecule has 0 bridgehead atoms. The second-order valence-corrected chi connectivity index (χ2v) is 6.61. The number of nitrogens with zero attached hydrogens (tertiary/aromatic N) is 1. The number of benzene rings is 2. The largest absolute Gasteiger partial charge is 0.324 e. The Kier molecular flexibility index (Phi) is 6.71. The van der Waals surface area contributed by atoms with Gasteiger partial charge in [-0.2, -0.15) is 0 Å². The van der Waals surface area contributed by atoms with Crippen molar-refractivity contribution in [2.75, 3.05) is 12.4 Å². The zero-order valence-corrected chi connectivity index (χ0v) is 15.4. The first-order chi connectivity index (χ1) is 11.9. The van der Waals surface area contributed by atoms with E-state index in [4.69, 9.17) is 0 Å². The molecule has 0 saturated heterocycles. The van der Waals surface area contributed by atoms with Crippen molar-refractivity contribution in [1.82, 2.24) is 4.90 Å². The van der Waals surface area contributed by atoms with Gasteiger partial charge >= 0.3 is 0 Å². The highest BCUT2D eigenvalue weighted by Gasteiger charge is 2.20. The van der Waals surface area contributed by atoms with Crippen LogP contribution in [-0.4, -0.2) is 23.9 Å². The maximum atomic E-state index is 13.3. The van der Waals surface area contributed by atoms with E-state index in [0.29, 0.717) is 12.5 Å². The van der Waals surface area contributed by atoms with Crippen LogP contribution in [0.4, 0.5) is 10.1 Å². The SMILES string of the molecule is CC[C@@H](C)c1ccccc1NC(=O)[C@H](C)N(C)Cc1cccc(F)c1. The lowest BCUT2D eigenvalue weighted by Crippen LogP contribution is -2.39. The molecule has 0 aliphatic carbocycles. The lowest BCUT2D eigenvalue weighted by Gasteiger charge is -2.25. The van der Waals surface area contributed by atoms with Crippen LogP contribution in [0, 0.1) is 5.82 Å². The number of amides is 1.